The highest BCUT2D eigenvalue weighted by molar-refractivity contribution is 8.02. The first-order valence-corrected chi connectivity index (χ1v) is 10.2. The molecule has 1 aromatic rings. The van der Waals surface area contributed by atoms with Crippen molar-refractivity contribution in [2.24, 2.45) is 0 Å². The van der Waals surface area contributed by atoms with Crippen LogP contribution in [-0.2, 0) is 4.79 Å². The Labute approximate surface area is 149 Å². The van der Waals surface area contributed by atoms with Gasteiger partial charge in [-0.1, -0.05) is 42.4 Å². The normalized spacial score (nSPS) is 19.5. The molecule has 24 heavy (non-hydrogen) atoms. The second-order valence-corrected chi connectivity index (χ2v) is 8.91. The second-order valence-electron chi connectivity index (χ2n) is 6.35. The van der Waals surface area contributed by atoms with Crippen LogP contribution in [0.15, 0.2) is 4.34 Å². The summed E-state index contributed by atoms with van der Waals surface area (Å²) in [6.07, 6.45) is 8.18. The predicted octanol–water partition coefficient (Wildman–Crippen LogP) is 2.75. The number of hydrogen-bond acceptors (Lipinski definition) is 7. The highest BCUT2D eigenvalue weighted by atomic mass is 32.2. The Kier molecular flexibility index (Phi) is 5.94. The van der Waals surface area contributed by atoms with Crippen molar-refractivity contribution in [1.29, 1.82) is 0 Å². The zero-order valence-electron chi connectivity index (χ0n) is 13.7. The molecular weight excluding hydrogens is 346 g/mol. The van der Waals surface area contributed by atoms with Gasteiger partial charge in [0.1, 0.15) is 0 Å². The molecule has 0 aromatic carbocycles. The van der Waals surface area contributed by atoms with Crippen LogP contribution in [0.5, 0.6) is 0 Å². The Morgan fingerprint density at radius 2 is 1.88 bits per heavy atom. The number of carbonyl (C=O) groups excluding carboxylic acids is 2. The fourth-order valence-corrected chi connectivity index (χ4v) is 4.58. The van der Waals surface area contributed by atoms with Crippen molar-refractivity contribution in [1.82, 2.24) is 20.8 Å². The lowest BCUT2D eigenvalue weighted by molar-refractivity contribution is -0.119. The Bertz CT molecular complexity index is 584. The number of nitrogens with one attached hydrogen (secondary N) is 3. The molecule has 1 atom stereocenters. The van der Waals surface area contributed by atoms with Crippen molar-refractivity contribution >= 4 is 40.2 Å². The molecule has 7 nitrogen and oxygen atoms in total. The highest BCUT2D eigenvalue weighted by Crippen LogP contribution is 2.30. The number of amides is 3. The van der Waals surface area contributed by atoms with Crippen molar-refractivity contribution < 1.29 is 9.59 Å². The summed E-state index contributed by atoms with van der Waals surface area (Å²) in [6.45, 7) is 1.76. The van der Waals surface area contributed by atoms with E-state index in [4.69, 9.17) is 0 Å². The first-order valence-electron chi connectivity index (χ1n) is 8.48. The fraction of sp³-hybridized carbons (Fsp3) is 0.733. The minimum Gasteiger partial charge on any atom is -0.357 e. The van der Waals surface area contributed by atoms with Gasteiger partial charge in [0.15, 0.2) is 4.34 Å². The molecule has 3 N–H and O–H groups in total. The van der Waals surface area contributed by atoms with Crippen molar-refractivity contribution in [3.05, 3.63) is 0 Å². The summed E-state index contributed by atoms with van der Waals surface area (Å²) in [5.74, 6) is -0.310. The molecular formula is C15H23N5O2S2. The van der Waals surface area contributed by atoms with Crippen molar-refractivity contribution in [3.63, 3.8) is 0 Å². The molecule has 1 aromatic heterocycles. The lowest BCUT2D eigenvalue weighted by atomic mass is 9.96. The van der Waals surface area contributed by atoms with Gasteiger partial charge in [-0.15, -0.1) is 10.2 Å². The van der Waals surface area contributed by atoms with Crippen LogP contribution in [0.25, 0.3) is 0 Å². The van der Waals surface area contributed by atoms with E-state index >= 15 is 0 Å². The smallest absolute Gasteiger partial charge is 0.321 e. The van der Waals surface area contributed by atoms with Crippen LogP contribution in [0, 0.1) is 0 Å². The zero-order chi connectivity index (χ0) is 16.9. The first kappa shape index (κ1) is 17.5. The number of rotatable bonds is 6. The van der Waals surface area contributed by atoms with E-state index in [9.17, 15) is 9.59 Å². The summed E-state index contributed by atoms with van der Waals surface area (Å²) >= 11 is 2.78. The topological polar surface area (TPSA) is 96.0 Å². The molecule has 9 heteroatoms. The standard InChI is InChI=1S/C15H23N5O2S2/c1-9(12(21)18-13(22)16-11-7-8-11)23-15-20-19-14(24-15)17-10-5-3-2-4-6-10/h9-11H,2-8H2,1H3,(H,17,19)(H2,16,18,21,22). The van der Waals surface area contributed by atoms with Gasteiger partial charge >= 0.3 is 6.03 Å². The van der Waals surface area contributed by atoms with Crippen LogP contribution in [0.2, 0.25) is 0 Å². The van der Waals surface area contributed by atoms with Gasteiger partial charge in [-0.3, -0.25) is 10.1 Å². The molecule has 3 rings (SSSR count). The lowest BCUT2D eigenvalue weighted by Gasteiger charge is -2.21. The third-order valence-corrected chi connectivity index (χ3v) is 6.17. The third-order valence-electron chi connectivity index (χ3n) is 4.14. The summed E-state index contributed by atoms with van der Waals surface area (Å²) in [7, 11) is 0. The highest BCUT2D eigenvalue weighted by Gasteiger charge is 2.25. The summed E-state index contributed by atoms with van der Waals surface area (Å²) in [6, 6.07) is 0.306. The minimum absolute atomic E-state index is 0.234. The lowest BCUT2D eigenvalue weighted by Crippen LogP contribution is -2.43. The molecule has 2 aliphatic rings. The van der Waals surface area contributed by atoms with E-state index in [1.54, 1.807) is 6.92 Å². The number of aromatic nitrogens is 2. The first-order chi connectivity index (χ1) is 11.6. The van der Waals surface area contributed by atoms with Crippen molar-refractivity contribution in [2.45, 2.75) is 73.5 Å². The monoisotopic (exact) mass is 369 g/mol. The van der Waals surface area contributed by atoms with Gasteiger partial charge in [0.05, 0.1) is 5.25 Å². The molecule has 1 heterocycles. The molecule has 2 aliphatic carbocycles. The maximum atomic E-state index is 12.0. The SMILES string of the molecule is CC(Sc1nnc(NC2CCCCC2)s1)C(=O)NC(=O)NC1CC1. The van der Waals surface area contributed by atoms with Crippen LogP contribution in [0.1, 0.15) is 51.9 Å². The molecule has 0 saturated heterocycles. The quantitative estimate of drug-likeness (QED) is 0.667. The van der Waals surface area contributed by atoms with Gasteiger partial charge in [-0.25, -0.2) is 4.79 Å². The van der Waals surface area contributed by atoms with Gasteiger partial charge in [0.25, 0.3) is 0 Å². The number of hydrogen-bond donors (Lipinski definition) is 3. The molecule has 2 fully saturated rings. The van der Waals surface area contributed by atoms with Gasteiger partial charge in [-0.2, -0.15) is 0 Å². The third kappa shape index (κ3) is 5.34. The summed E-state index contributed by atoms with van der Waals surface area (Å²) in [5, 5.41) is 17.2. The number of urea groups is 1. The van der Waals surface area contributed by atoms with Gasteiger partial charge in [0, 0.05) is 12.1 Å². The summed E-state index contributed by atoms with van der Waals surface area (Å²) in [5.41, 5.74) is 0. The molecule has 0 bridgehead atoms. The minimum atomic E-state index is -0.410. The van der Waals surface area contributed by atoms with E-state index in [1.807, 2.05) is 0 Å². The zero-order valence-corrected chi connectivity index (χ0v) is 15.3. The summed E-state index contributed by atoms with van der Waals surface area (Å²) in [4.78, 5) is 23.6. The van der Waals surface area contributed by atoms with Crippen LogP contribution in [-0.4, -0.2) is 39.5 Å². The van der Waals surface area contributed by atoms with E-state index in [-0.39, 0.29) is 11.9 Å². The average Bonchev–Trinajstić information content (AvgIpc) is 3.26. The molecule has 2 saturated carbocycles. The Balaban J connectivity index is 1.44. The van der Waals surface area contributed by atoms with Crippen LogP contribution >= 0.6 is 23.1 Å². The maximum absolute atomic E-state index is 12.0. The van der Waals surface area contributed by atoms with Crippen molar-refractivity contribution in [3.8, 4) is 0 Å². The van der Waals surface area contributed by atoms with E-state index in [0.717, 1.165) is 22.3 Å². The Hall–Kier alpha value is -1.35. The molecule has 0 aliphatic heterocycles. The van der Waals surface area contributed by atoms with E-state index in [2.05, 4.69) is 26.1 Å². The molecule has 3 amide bonds. The average molecular weight is 370 g/mol. The predicted molar refractivity (Wildman–Crippen MR) is 95.4 cm³/mol. The largest absolute Gasteiger partial charge is 0.357 e. The number of anilines is 1. The number of thioether (sulfide) groups is 1. The Morgan fingerprint density at radius 3 is 2.58 bits per heavy atom. The van der Waals surface area contributed by atoms with Crippen LogP contribution in [0.4, 0.5) is 9.93 Å². The number of imide groups is 1. The van der Waals surface area contributed by atoms with Crippen molar-refractivity contribution in [2.75, 3.05) is 5.32 Å². The number of carbonyl (C=O) groups is 2. The van der Waals surface area contributed by atoms with Crippen LogP contribution < -0.4 is 16.0 Å². The van der Waals surface area contributed by atoms with E-state index < -0.39 is 11.3 Å². The number of nitrogens with zero attached hydrogens (tertiary/aromatic N) is 2. The van der Waals surface area contributed by atoms with Gasteiger partial charge < -0.3 is 10.6 Å². The second kappa shape index (κ2) is 8.15. The van der Waals surface area contributed by atoms with Gasteiger partial charge in [0.2, 0.25) is 11.0 Å². The molecule has 1 unspecified atom stereocenters. The molecule has 0 spiro atoms. The van der Waals surface area contributed by atoms with Gasteiger partial charge in [-0.05, 0) is 32.6 Å². The molecule has 132 valence electrons. The van der Waals surface area contributed by atoms with E-state index in [0.29, 0.717) is 6.04 Å². The van der Waals surface area contributed by atoms with E-state index in [1.165, 1.54) is 55.2 Å². The Morgan fingerprint density at radius 1 is 1.12 bits per heavy atom. The fourth-order valence-electron chi connectivity index (χ4n) is 2.60. The molecule has 0 radical (unpaired) electrons. The maximum Gasteiger partial charge on any atom is 0.321 e. The van der Waals surface area contributed by atoms with Crippen LogP contribution in [0.3, 0.4) is 0 Å². The summed E-state index contributed by atoms with van der Waals surface area (Å²) < 4.78 is 0.735.